The molecule has 0 aromatic carbocycles. The normalized spacial score (nSPS) is 28.3. The molecule has 13 heteroatoms. The lowest BCUT2D eigenvalue weighted by Gasteiger charge is -2.48. The third-order valence-electron chi connectivity index (χ3n) is 8.06. The van der Waals surface area contributed by atoms with Crippen LogP contribution in [0.4, 0.5) is 13.6 Å². The van der Waals surface area contributed by atoms with E-state index in [4.69, 9.17) is 15.2 Å². The van der Waals surface area contributed by atoms with Crippen LogP contribution in [-0.4, -0.2) is 64.1 Å². The van der Waals surface area contributed by atoms with E-state index in [0.717, 1.165) is 5.56 Å². The van der Waals surface area contributed by atoms with Gasteiger partial charge in [0.05, 0.1) is 18.8 Å². The van der Waals surface area contributed by atoms with Crippen LogP contribution in [0.1, 0.15) is 53.2 Å². The van der Waals surface area contributed by atoms with E-state index >= 15 is 8.78 Å². The second-order valence-electron chi connectivity index (χ2n) is 12.0. The molecule has 5 unspecified atom stereocenters. The van der Waals surface area contributed by atoms with Crippen molar-refractivity contribution in [2.75, 3.05) is 7.11 Å². The number of ether oxygens (including phenoxy) is 2. The number of alkyl halides is 2. The fraction of sp³-hybridized carbons (Fsp3) is 0.517. The lowest BCUT2D eigenvalue weighted by Crippen LogP contribution is -2.59. The summed E-state index contributed by atoms with van der Waals surface area (Å²) in [5, 5.41) is 0. The maximum atomic E-state index is 15.7. The molecule has 1 saturated carbocycles. The topological polar surface area (TPSA) is 142 Å². The molecule has 42 heavy (non-hydrogen) atoms. The van der Waals surface area contributed by atoms with E-state index in [1.807, 2.05) is 6.07 Å². The van der Waals surface area contributed by atoms with Gasteiger partial charge in [-0.2, -0.15) is 0 Å². The molecular formula is C29H36F2N4O6S. The Hall–Kier alpha value is -3.61. The molecular weight excluding hydrogens is 570 g/mol. The number of pyridine rings is 2. The van der Waals surface area contributed by atoms with Crippen LogP contribution in [-0.2, 0) is 19.6 Å². The minimum Gasteiger partial charge on any atom is -0.481 e. The Morgan fingerprint density at radius 2 is 1.88 bits per heavy atom. The lowest BCUT2D eigenvalue weighted by molar-refractivity contribution is -0.133. The Kier molecular flexibility index (Phi) is 8.13. The van der Waals surface area contributed by atoms with E-state index in [2.05, 4.69) is 9.97 Å². The average Bonchev–Trinajstić information content (AvgIpc) is 3.04. The van der Waals surface area contributed by atoms with Crippen molar-refractivity contribution in [1.29, 1.82) is 0 Å². The fourth-order valence-corrected chi connectivity index (χ4v) is 8.87. The number of methoxy groups -OCH3 is 1. The van der Waals surface area contributed by atoms with Crippen LogP contribution in [0.3, 0.4) is 0 Å². The molecule has 1 saturated heterocycles. The van der Waals surface area contributed by atoms with Gasteiger partial charge in [-0.25, -0.2) is 31.3 Å². The molecule has 10 nitrogen and oxygen atoms in total. The highest BCUT2D eigenvalue weighted by atomic mass is 32.2. The lowest BCUT2D eigenvalue weighted by atomic mass is 9.61. The van der Waals surface area contributed by atoms with Crippen LogP contribution >= 0.6 is 0 Å². The monoisotopic (exact) mass is 606 g/mol. The number of halogens is 2. The summed E-state index contributed by atoms with van der Waals surface area (Å²) < 4.78 is 68.2. The van der Waals surface area contributed by atoms with E-state index in [9.17, 15) is 18.0 Å². The largest absolute Gasteiger partial charge is 0.481 e. The second-order valence-corrected chi connectivity index (χ2v) is 14.1. The van der Waals surface area contributed by atoms with Crippen molar-refractivity contribution in [1.82, 2.24) is 14.3 Å². The van der Waals surface area contributed by atoms with Gasteiger partial charge >= 0.3 is 6.09 Å². The van der Waals surface area contributed by atoms with Crippen LogP contribution in [0.25, 0.3) is 17.2 Å². The number of nitrogens with two attached hydrogens (primary N) is 1. The van der Waals surface area contributed by atoms with E-state index in [1.54, 1.807) is 51.4 Å². The number of primary amides is 1. The quantitative estimate of drug-likeness (QED) is 0.501. The van der Waals surface area contributed by atoms with Gasteiger partial charge in [0.15, 0.2) is 0 Å². The predicted octanol–water partition coefficient (Wildman–Crippen LogP) is 4.66. The zero-order valence-corrected chi connectivity index (χ0v) is 25.2. The van der Waals surface area contributed by atoms with Gasteiger partial charge in [0.2, 0.25) is 21.8 Å². The van der Waals surface area contributed by atoms with Gasteiger partial charge in [0.25, 0.3) is 5.92 Å². The summed E-state index contributed by atoms with van der Waals surface area (Å²) in [7, 11) is -3.30. The minimum atomic E-state index is -4.81. The molecule has 2 amide bonds. The summed E-state index contributed by atoms with van der Waals surface area (Å²) in [5.41, 5.74) is 6.27. The number of fused-ring (bicyclic) bond motifs is 1. The molecule has 3 heterocycles. The van der Waals surface area contributed by atoms with Crippen molar-refractivity contribution < 1.29 is 36.3 Å². The summed E-state index contributed by atoms with van der Waals surface area (Å²) in [4.78, 5) is 34.0. The first-order valence-corrected chi connectivity index (χ1v) is 15.0. The van der Waals surface area contributed by atoms with Crippen molar-refractivity contribution in [2.24, 2.45) is 23.5 Å². The first kappa shape index (κ1) is 31.3. The second kappa shape index (κ2) is 10.9. The van der Waals surface area contributed by atoms with Crippen LogP contribution in [0, 0.1) is 17.8 Å². The summed E-state index contributed by atoms with van der Waals surface area (Å²) in [6, 6.07) is 5.94. The third-order valence-corrected chi connectivity index (χ3v) is 10.6. The van der Waals surface area contributed by atoms with Crippen LogP contribution < -0.4 is 10.5 Å². The highest BCUT2D eigenvalue weighted by Crippen LogP contribution is 2.60. The molecule has 2 aromatic heterocycles. The number of allylic oxidation sites excluding steroid dienone is 1. The summed E-state index contributed by atoms with van der Waals surface area (Å²) in [6.07, 6.45) is 3.02. The smallest absolute Gasteiger partial charge is 0.424 e. The number of hydrogen-bond acceptors (Lipinski definition) is 8. The standard InChI is InChI=1S/C29H36F2N4O6S/c1-17-21(12-11-20-10-9-19(15-34-20)22-8-7-13-33-25(22)40-6)24-18(2)35(26(37)41-27(3,4)5)42(38,39)28(24,14-23(32)36)16-29(17,30)31/h7-13,15,17-18,21,24H,14,16H2,1-6H3,(H2,32,36)/b12-11+. The Morgan fingerprint density at radius 3 is 2.45 bits per heavy atom. The maximum absolute atomic E-state index is 15.7. The van der Waals surface area contributed by atoms with Gasteiger partial charge in [0, 0.05) is 48.2 Å². The number of aromatic nitrogens is 2. The SMILES string of the molecule is COc1ncccc1-c1ccc(/C=C/C2C(C)C(F)(F)CC3(CC(N)=O)C2C(C)N(C(=O)OC(C)(C)C)S3(=O)=O)nc1. The molecule has 4 rings (SSSR count). The van der Waals surface area contributed by atoms with E-state index < -0.39 is 74.9 Å². The molecule has 0 bridgehead atoms. The Bertz CT molecular complexity index is 1490. The van der Waals surface area contributed by atoms with Crippen molar-refractivity contribution >= 4 is 28.1 Å². The zero-order valence-electron chi connectivity index (χ0n) is 24.4. The van der Waals surface area contributed by atoms with Crippen molar-refractivity contribution in [2.45, 2.75) is 69.8 Å². The van der Waals surface area contributed by atoms with Crippen molar-refractivity contribution in [3.8, 4) is 17.0 Å². The molecule has 2 N–H and O–H groups in total. The number of amides is 2. The molecule has 1 aliphatic carbocycles. The highest BCUT2D eigenvalue weighted by molar-refractivity contribution is 7.91. The Balaban J connectivity index is 1.77. The van der Waals surface area contributed by atoms with Crippen LogP contribution in [0.15, 0.2) is 42.7 Å². The number of hydrogen-bond donors (Lipinski definition) is 1. The molecule has 0 radical (unpaired) electrons. The fourth-order valence-electron chi connectivity index (χ4n) is 6.28. The predicted molar refractivity (Wildman–Crippen MR) is 152 cm³/mol. The number of sulfonamides is 1. The molecule has 2 aliphatic rings. The van der Waals surface area contributed by atoms with Crippen LogP contribution in [0.2, 0.25) is 0 Å². The van der Waals surface area contributed by atoms with Crippen LogP contribution in [0.5, 0.6) is 5.88 Å². The summed E-state index contributed by atoms with van der Waals surface area (Å²) in [6.45, 7) is 7.50. The molecule has 2 aromatic rings. The maximum Gasteiger partial charge on any atom is 0.424 e. The zero-order chi connectivity index (χ0) is 31.3. The van der Waals surface area contributed by atoms with E-state index in [1.165, 1.54) is 33.1 Å². The summed E-state index contributed by atoms with van der Waals surface area (Å²) >= 11 is 0. The van der Waals surface area contributed by atoms with Gasteiger partial charge < -0.3 is 15.2 Å². The van der Waals surface area contributed by atoms with E-state index in [-0.39, 0.29) is 0 Å². The molecule has 228 valence electrons. The number of carbonyl (C=O) groups is 2. The Morgan fingerprint density at radius 1 is 1.19 bits per heavy atom. The van der Waals surface area contributed by atoms with Gasteiger partial charge in [-0.05, 0) is 57.9 Å². The number of rotatable bonds is 6. The Labute approximate surface area is 244 Å². The minimum absolute atomic E-state index is 0.414. The van der Waals surface area contributed by atoms with Gasteiger partial charge in [-0.3, -0.25) is 9.78 Å². The number of nitrogens with zero attached hydrogens (tertiary/aromatic N) is 3. The number of carbonyl (C=O) groups excluding carboxylic acids is 2. The molecule has 0 spiro atoms. The molecule has 1 aliphatic heterocycles. The van der Waals surface area contributed by atoms with Gasteiger partial charge in [-0.15, -0.1) is 0 Å². The average molecular weight is 607 g/mol. The van der Waals surface area contributed by atoms with Crippen molar-refractivity contribution in [3.05, 3.63) is 48.4 Å². The third kappa shape index (κ3) is 5.46. The van der Waals surface area contributed by atoms with Crippen molar-refractivity contribution in [3.63, 3.8) is 0 Å². The first-order chi connectivity index (χ1) is 19.4. The van der Waals surface area contributed by atoms with Gasteiger partial charge in [-0.1, -0.05) is 19.1 Å². The summed E-state index contributed by atoms with van der Waals surface area (Å²) in [5.74, 6) is -7.60. The first-order valence-electron chi connectivity index (χ1n) is 13.5. The van der Waals surface area contributed by atoms with E-state index in [0.29, 0.717) is 21.4 Å². The molecule has 2 fully saturated rings. The van der Waals surface area contributed by atoms with Gasteiger partial charge in [0.1, 0.15) is 10.3 Å². The molecule has 5 atom stereocenters. The highest BCUT2D eigenvalue weighted by Gasteiger charge is 2.73.